The van der Waals surface area contributed by atoms with Crippen molar-refractivity contribution in [3.8, 4) is 17.1 Å². The molecule has 5 heteroatoms. The second-order valence-corrected chi connectivity index (χ2v) is 4.77. The summed E-state index contributed by atoms with van der Waals surface area (Å²) < 4.78 is 14.0. The Hall–Kier alpha value is -1.88. The number of phenolic OH excluding ortho intramolecular Hbond substituents is 1. The number of hydrogen-bond acceptors (Lipinski definition) is 2. The van der Waals surface area contributed by atoms with Gasteiger partial charge in [-0.1, -0.05) is 15.9 Å². The standard InChI is InChI=1S/C13H8BrFN2O/c14-10-3-1-7(15)5-9(10)13-16-11-4-2-8(18)6-12(11)17-13/h1-6,18H,(H,16,17). The molecule has 90 valence electrons. The van der Waals surface area contributed by atoms with E-state index in [1.807, 2.05) is 0 Å². The number of nitrogens with zero attached hydrogens (tertiary/aromatic N) is 1. The fraction of sp³-hybridized carbons (Fsp3) is 0. The fourth-order valence-corrected chi connectivity index (χ4v) is 2.24. The van der Waals surface area contributed by atoms with Crippen LogP contribution in [0.25, 0.3) is 22.4 Å². The van der Waals surface area contributed by atoms with E-state index in [1.54, 1.807) is 24.3 Å². The lowest BCUT2D eigenvalue weighted by molar-refractivity contribution is 0.476. The number of nitrogens with one attached hydrogen (secondary N) is 1. The highest BCUT2D eigenvalue weighted by Crippen LogP contribution is 2.29. The number of fused-ring (bicyclic) bond motifs is 1. The quantitative estimate of drug-likeness (QED) is 0.717. The number of halogens is 2. The van der Waals surface area contributed by atoms with Crippen LogP contribution in [0.3, 0.4) is 0 Å². The average molecular weight is 307 g/mol. The number of hydrogen-bond donors (Lipinski definition) is 2. The summed E-state index contributed by atoms with van der Waals surface area (Å²) in [6, 6.07) is 9.27. The second-order valence-electron chi connectivity index (χ2n) is 3.91. The van der Waals surface area contributed by atoms with Crippen molar-refractivity contribution in [3.63, 3.8) is 0 Å². The topological polar surface area (TPSA) is 48.9 Å². The molecule has 0 spiro atoms. The zero-order valence-electron chi connectivity index (χ0n) is 9.11. The Bertz CT molecular complexity index is 739. The van der Waals surface area contributed by atoms with Crippen molar-refractivity contribution in [1.29, 1.82) is 0 Å². The number of imidazole rings is 1. The summed E-state index contributed by atoms with van der Waals surface area (Å²) in [5.41, 5.74) is 2.07. The third-order valence-corrected chi connectivity index (χ3v) is 3.34. The van der Waals surface area contributed by atoms with Crippen LogP contribution in [0.15, 0.2) is 40.9 Å². The Balaban J connectivity index is 2.22. The number of aromatic amines is 1. The highest BCUT2D eigenvalue weighted by atomic mass is 79.9. The van der Waals surface area contributed by atoms with Gasteiger partial charge in [-0.3, -0.25) is 0 Å². The Kier molecular flexibility index (Phi) is 2.56. The van der Waals surface area contributed by atoms with E-state index in [0.717, 1.165) is 9.99 Å². The maximum absolute atomic E-state index is 13.2. The van der Waals surface area contributed by atoms with E-state index in [4.69, 9.17) is 0 Å². The maximum atomic E-state index is 13.2. The van der Waals surface area contributed by atoms with Crippen LogP contribution in [0.4, 0.5) is 4.39 Å². The van der Waals surface area contributed by atoms with Gasteiger partial charge in [-0.05, 0) is 30.3 Å². The average Bonchev–Trinajstić information content (AvgIpc) is 2.74. The molecule has 1 heterocycles. The SMILES string of the molecule is Oc1ccc2nc(-c3cc(F)ccc3Br)[nH]c2c1. The van der Waals surface area contributed by atoms with Crippen LogP contribution in [-0.2, 0) is 0 Å². The van der Waals surface area contributed by atoms with Gasteiger partial charge >= 0.3 is 0 Å². The van der Waals surface area contributed by atoms with Crippen LogP contribution in [0.5, 0.6) is 5.75 Å². The second kappa shape index (κ2) is 4.10. The number of phenols is 1. The normalized spacial score (nSPS) is 11.0. The van der Waals surface area contributed by atoms with Crippen molar-refractivity contribution < 1.29 is 9.50 Å². The molecular formula is C13H8BrFN2O. The molecule has 0 radical (unpaired) electrons. The molecule has 0 atom stereocenters. The van der Waals surface area contributed by atoms with Gasteiger partial charge in [-0.25, -0.2) is 9.37 Å². The fourth-order valence-electron chi connectivity index (χ4n) is 1.80. The predicted molar refractivity (Wildman–Crippen MR) is 70.9 cm³/mol. The van der Waals surface area contributed by atoms with E-state index in [2.05, 4.69) is 25.9 Å². The first-order chi connectivity index (χ1) is 8.63. The monoisotopic (exact) mass is 306 g/mol. The van der Waals surface area contributed by atoms with Crippen molar-refractivity contribution >= 4 is 27.0 Å². The zero-order valence-corrected chi connectivity index (χ0v) is 10.7. The molecule has 0 aliphatic carbocycles. The molecule has 2 aromatic carbocycles. The number of rotatable bonds is 1. The molecule has 18 heavy (non-hydrogen) atoms. The van der Waals surface area contributed by atoms with Gasteiger partial charge in [0, 0.05) is 16.1 Å². The Labute approximate surface area is 110 Å². The number of H-pyrrole nitrogens is 1. The minimum absolute atomic E-state index is 0.163. The lowest BCUT2D eigenvalue weighted by Gasteiger charge is -2.00. The molecule has 0 saturated carbocycles. The van der Waals surface area contributed by atoms with Crippen LogP contribution in [0.2, 0.25) is 0 Å². The molecule has 0 aliphatic rings. The van der Waals surface area contributed by atoms with E-state index >= 15 is 0 Å². The molecular weight excluding hydrogens is 299 g/mol. The van der Waals surface area contributed by atoms with E-state index in [1.165, 1.54) is 12.1 Å². The number of benzene rings is 2. The van der Waals surface area contributed by atoms with Gasteiger partial charge in [0.05, 0.1) is 11.0 Å². The first-order valence-electron chi connectivity index (χ1n) is 5.27. The van der Waals surface area contributed by atoms with Crippen molar-refractivity contribution in [2.75, 3.05) is 0 Å². The summed E-state index contributed by atoms with van der Waals surface area (Å²) in [4.78, 5) is 7.42. The first-order valence-corrected chi connectivity index (χ1v) is 6.07. The van der Waals surface area contributed by atoms with Crippen molar-refractivity contribution in [2.45, 2.75) is 0 Å². The lowest BCUT2D eigenvalue weighted by atomic mass is 10.2. The summed E-state index contributed by atoms with van der Waals surface area (Å²) >= 11 is 3.36. The third-order valence-electron chi connectivity index (χ3n) is 2.65. The van der Waals surface area contributed by atoms with Crippen molar-refractivity contribution in [1.82, 2.24) is 9.97 Å². The number of aromatic hydroxyl groups is 1. The van der Waals surface area contributed by atoms with Gasteiger partial charge in [0.1, 0.15) is 17.4 Å². The van der Waals surface area contributed by atoms with Gasteiger partial charge in [-0.2, -0.15) is 0 Å². The van der Waals surface area contributed by atoms with Crippen LogP contribution in [0, 0.1) is 5.82 Å². The number of aromatic nitrogens is 2. The molecule has 3 aromatic rings. The maximum Gasteiger partial charge on any atom is 0.139 e. The highest BCUT2D eigenvalue weighted by Gasteiger charge is 2.10. The molecule has 0 fully saturated rings. The summed E-state index contributed by atoms with van der Waals surface area (Å²) in [7, 11) is 0. The zero-order chi connectivity index (χ0) is 12.7. The Morgan fingerprint density at radius 1 is 1.17 bits per heavy atom. The molecule has 0 bridgehead atoms. The minimum atomic E-state index is -0.323. The largest absolute Gasteiger partial charge is 0.508 e. The molecule has 0 aliphatic heterocycles. The first kappa shape index (κ1) is 11.2. The smallest absolute Gasteiger partial charge is 0.139 e. The van der Waals surface area contributed by atoms with E-state index in [-0.39, 0.29) is 11.6 Å². The summed E-state index contributed by atoms with van der Waals surface area (Å²) in [5.74, 6) is 0.398. The third kappa shape index (κ3) is 1.86. The van der Waals surface area contributed by atoms with Gasteiger partial charge < -0.3 is 10.1 Å². The van der Waals surface area contributed by atoms with E-state index in [0.29, 0.717) is 16.9 Å². The van der Waals surface area contributed by atoms with Gasteiger partial charge in [0.25, 0.3) is 0 Å². The van der Waals surface area contributed by atoms with Crippen LogP contribution >= 0.6 is 15.9 Å². The van der Waals surface area contributed by atoms with Gasteiger partial charge in [0.15, 0.2) is 0 Å². The summed E-state index contributed by atoms with van der Waals surface area (Å²) in [5, 5.41) is 9.39. The van der Waals surface area contributed by atoms with Crippen LogP contribution < -0.4 is 0 Å². The molecule has 3 nitrogen and oxygen atoms in total. The minimum Gasteiger partial charge on any atom is -0.508 e. The summed E-state index contributed by atoms with van der Waals surface area (Å²) in [6.45, 7) is 0. The van der Waals surface area contributed by atoms with Gasteiger partial charge in [0.2, 0.25) is 0 Å². The van der Waals surface area contributed by atoms with Crippen LogP contribution in [0.1, 0.15) is 0 Å². The molecule has 0 amide bonds. The lowest BCUT2D eigenvalue weighted by Crippen LogP contribution is -1.84. The van der Waals surface area contributed by atoms with Gasteiger partial charge in [-0.15, -0.1) is 0 Å². The Morgan fingerprint density at radius 2 is 2.00 bits per heavy atom. The highest BCUT2D eigenvalue weighted by molar-refractivity contribution is 9.10. The Morgan fingerprint density at radius 3 is 2.83 bits per heavy atom. The summed E-state index contributed by atoms with van der Waals surface area (Å²) in [6.07, 6.45) is 0. The molecule has 1 aromatic heterocycles. The molecule has 0 saturated heterocycles. The van der Waals surface area contributed by atoms with Crippen molar-refractivity contribution in [2.24, 2.45) is 0 Å². The van der Waals surface area contributed by atoms with Crippen molar-refractivity contribution in [3.05, 3.63) is 46.7 Å². The molecule has 3 rings (SSSR count). The van der Waals surface area contributed by atoms with E-state index in [9.17, 15) is 9.50 Å². The van der Waals surface area contributed by atoms with Crippen LogP contribution in [-0.4, -0.2) is 15.1 Å². The molecule has 2 N–H and O–H groups in total. The van der Waals surface area contributed by atoms with E-state index < -0.39 is 0 Å². The molecule has 0 unspecified atom stereocenters. The predicted octanol–water partition coefficient (Wildman–Crippen LogP) is 3.84.